The minimum absolute atomic E-state index is 0.739. The highest BCUT2D eigenvalue weighted by molar-refractivity contribution is 6.31. The van der Waals surface area contributed by atoms with Gasteiger partial charge in [0.15, 0.2) is 0 Å². The molecule has 0 aromatic heterocycles. The van der Waals surface area contributed by atoms with E-state index in [1.807, 2.05) is 0 Å². The zero-order chi connectivity index (χ0) is 13.5. The Morgan fingerprint density at radius 3 is 2.50 bits per heavy atom. The summed E-state index contributed by atoms with van der Waals surface area (Å²) < 4.78 is 0. The van der Waals surface area contributed by atoms with Gasteiger partial charge in [-0.15, -0.1) is 0 Å². The maximum Gasteiger partial charge on any atom is 0.0471 e. The van der Waals surface area contributed by atoms with Crippen LogP contribution in [0.1, 0.15) is 44.1 Å². The number of anilines is 1. The van der Waals surface area contributed by atoms with E-state index in [0.717, 1.165) is 29.6 Å². The molecule has 1 aromatic rings. The zero-order valence-corrected chi connectivity index (χ0v) is 12.7. The minimum atomic E-state index is 0.739. The van der Waals surface area contributed by atoms with Crippen LogP contribution in [0.25, 0.3) is 0 Å². The molecular weight excluding hydrogens is 268 g/mol. The van der Waals surface area contributed by atoms with Crippen LogP contribution < -0.4 is 10.2 Å². The van der Waals surface area contributed by atoms with Gasteiger partial charge in [0.05, 0.1) is 0 Å². The second-order valence-corrected chi connectivity index (χ2v) is 7.16. The highest BCUT2D eigenvalue weighted by Crippen LogP contribution is 2.38. The molecule has 0 aliphatic heterocycles. The monoisotopic (exact) mass is 290 g/mol. The molecule has 0 bridgehead atoms. The van der Waals surface area contributed by atoms with Crippen LogP contribution in [0.4, 0.5) is 5.69 Å². The average molecular weight is 291 g/mol. The molecule has 3 saturated carbocycles. The third kappa shape index (κ3) is 3.12. The molecule has 20 heavy (non-hydrogen) atoms. The third-order valence-electron chi connectivity index (χ3n) is 4.67. The van der Waals surface area contributed by atoms with Crippen LogP contribution in [0, 0.1) is 5.92 Å². The Morgan fingerprint density at radius 1 is 1.10 bits per heavy atom. The van der Waals surface area contributed by atoms with Gasteiger partial charge in [0.1, 0.15) is 0 Å². The SMILES string of the molecule is Clc1cc(N(CC2CC2)C2CC2)ccc1CNC1CC1. The van der Waals surface area contributed by atoms with Crippen molar-refractivity contribution in [3.63, 3.8) is 0 Å². The molecule has 2 nitrogen and oxygen atoms in total. The summed E-state index contributed by atoms with van der Waals surface area (Å²) in [6, 6.07) is 8.20. The average Bonchev–Trinajstić information content (AvgIpc) is 3.25. The highest BCUT2D eigenvalue weighted by atomic mass is 35.5. The fourth-order valence-electron chi connectivity index (χ4n) is 2.83. The fourth-order valence-corrected chi connectivity index (χ4v) is 3.07. The van der Waals surface area contributed by atoms with E-state index < -0.39 is 0 Å². The van der Waals surface area contributed by atoms with E-state index in [9.17, 15) is 0 Å². The van der Waals surface area contributed by atoms with Crippen molar-refractivity contribution >= 4 is 17.3 Å². The van der Waals surface area contributed by atoms with Gasteiger partial charge in [-0.3, -0.25) is 0 Å². The lowest BCUT2D eigenvalue weighted by Gasteiger charge is -2.25. The van der Waals surface area contributed by atoms with Crippen LogP contribution in [0.3, 0.4) is 0 Å². The molecule has 0 amide bonds. The van der Waals surface area contributed by atoms with Crippen molar-refractivity contribution in [2.75, 3.05) is 11.4 Å². The lowest BCUT2D eigenvalue weighted by atomic mass is 10.1. The van der Waals surface area contributed by atoms with Gasteiger partial charge in [-0.1, -0.05) is 17.7 Å². The Bertz CT molecular complexity index is 490. The van der Waals surface area contributed by atoms with E-state index in [1.165, 1.54) is 56.3 Å². The Labute approximate surface area is 126 Å². The van der Waals surface area contributed by atoms with Crippen molar-refractivity contribution in [3.05, 3.63) is 28.8 Å². The van der Waals surface area contributed by atoms with Crippen molar-refractivity contribution in [1.29, 1.82) is 0 Å². The maximum absolute atomic E-state index is 6.49. The molecule has 0 saturated heterocycles. The number of benzene rings is 1. The Balaban J connectivity index is 1.46. The molecule has 0 radical (unpaired) electrons. The first-order valence-electron chi connectivity index (χ1n) is 8.08. The van der Waals surface area contributed by atoms with Crippen LogP contribution in [-0.4, -0.2) is 18.6 Å². The summed E-state index contributed by atoms with van der Waals surface area (Å²) in [4.78, 5) is 2.60. The summed E-state index contributed by atoms with van der Waals surface area (Å²) in [6.45, 7) is 2.15. The largest absolute Gasteiger partial charge is 0.368 e. The number of nitrogens with one attached hydrogen (secondary N) is 1. The Morgan fingerprint density at radius 2 is 1.90 bits per heavy atom. The van der Waals surface area contributed by atoms with Gasteiger partial charge in [0, 0.05) is 35.9 Å². The summed E-state index contributed by atoms with van der Waals surface area (Å²) in [5.41, 5.74) is 2.57. The van der Waals surface area contributed by atoms with Crippen LogP contribution in [0.5, 0.6) is 0 Å². The molecule has 0 heterocycles. The van der Waals surface area contributed by atoms with Gasteiger partial charge in [-0.2, -0.15) is 0 Å². The molecule has 1 aromatic carbocycles. The van der Waals surface area contributed by atoms with Gasteiger partial charge < -0.3 is 10.2 Å². The number of halogens is 1. The summed E-state index contributed by atoms with van der Waals surface area (Å²) in [6.07, 6.45) is 8.20. The van der Waals surface area contributed by atoms with Crippen molar-refractivity contribution in [3.8, 4) is 0 Å². The molecule has 3 fully saturated rings. The lowest BCUT2D eigenvalue weighted by Crippen LogP contribution is -2.28. The predicted octanol–water partition coefficient (Wildman–Crippen LogP) is 3.97. The molecular formula is C17H23ClN2. The van der Waals surface area contributed by atoms with E-state index in [-0.39, 0.29) is 0 Å². The van der Waals surface area contributed by atoms with Gasteiger partial charge in [-0.05, 0) is 62.1 Å². The third-order valence-corrected chi connectivity index (χ3v) is 5.02. The normalized spacial score (nSPS) is 22.1. The van der Waals surface area contributed by atoms with Crippen LogP contribution in [0.2, 0.25) is 5.02 Å². The van der Waals surface area contributed by atoms with Gasteiger partial charge in [0.2, 0.25) is 0 Å². The predicted molar refractivity (Wildman–Crippen MR) is 84.4 cm³/mol. The first kappa shape index (κ1) is 13.0. The van der Waals surface area contributed by atoms with Crippen molar-refractivity contribution in [1.82, 2.24) is 5.32 Å². The van der Waals surface area contributed by atoms with E-state index >= 15 is 0 Å². The van der Waals surface area contributed by atoms with Crippen LogP contribution >= 0.6 is 11.6 Å². The van der Waals surface area contributed by atoms with Crippen molar-refractivity contribution in [2.45, 2.75) is 57.2 Å². The lowest BCUT2D eigenvalue weighted by molar-refractivity contribution is 0.687. The van der Waals surface area contributed by atoms with Crippen LogP contribution in [-0.2, 0) is 6.54 Å². The second kappa shape index (κ2) is 5.23. The Kier molecular flexibility index (Phi) is 3.39. The van der Waals surface area contributed by atoms with Gasteiger partial charge in [0.25, 0.3) is 0 Å². The molecule has 0 atom stereocenters. The standard InChI is InChI=1S/C17H23ClN2/c18-17-9-16(6-3-13(17)10-19-14-4-5-14)20(15-7-8-15)11-12-1-2-12/h3,6,9,12,14-15,19H,1-2,4-5,7-8,10-11H2. The molecule has 4 rings (SSSR count). The zero-order valence-electron chi connectivity index (χ0n) is 11.9. The molecule has 0 unspecified atom stereocenters. The van der Waals surface area contributed by atoms with Crippen LogP contribution in [0.15, 0.2) is 18.2 Å². The molecule has 108 valence electrons. The molecule has 0 spiro atoms. The molecule has 1 N–H and O–H groups in total. The summed E-state index contributed by atoms with van der Waals surface area (Å²) in [7, 11) is 0. The smallest absolute Gasteiger partial charge is 0.0471 e. The molecule has 3 heteroatoms. The van der Waals surface area contributed by atoms with E-state index in [0.29, 0.717) is 0 Å². The first-order chi connectivity index (χ1) is 9.79. The first-order valence-corrected chi connectivity index (χ1v) is 8.46. The topological polar surface area (TPSA) is 15.3 Å². The quantitative estimate of drug-likeness (QED) is 0.817. The molecule has 3 aliphatic carbocycles. The molecule has 3 aliphatic rings. The highest BCUT2D eigenvalue weighted by Gasteiger charge is 2.34. The van der Waals surface area contributed by atoms with E-state index in [2.05, 4.69) is 28.4 Å². The van der Waals surface area contributed by atoms with Crippen molar-refractivity contribution < 1.29 is 0 Å². The fraction of sp³-hybridized carbons (Fsp3) is 0.647. The summed E-state index contributed by atoms with van der Waals surface area (Å²) in [5.74, 6) is 0.936. The number of nitrogens with zero attached hydrogens (tertiary/aromatic N) is 1. The Hall–Kier alpha value is -0.730. The number of hydrogen-bond donors (Lipinski definition) is 1. The van der Waals surface area contributed by atoms with Crippen molar-refractivity contribution in [2.24, 2.45) is 5.92 Å². The summed E-state index contributed by atoms with van der Waals surface area (Å²) in [5, 5.41) is 4.47. The summed E-state index contributed by atoms with van der Waals surface area (Å²) >= 11 is 6.49. The van der Waals surface area contributed by atoms with Gasteiger partial charge in [-0.25, -0.2) is 0 Å². The minimum Gasteiger partial charge on any atom is -0.368 e. The number of hydrogen-bond acceptors (Lipinski definition) is 2. The van der Waals surface area contributed by atoms with E-state index in [4.69, 9.17) is 11.6 Å². The second-order valence-electron chi connectivity index (χ2n) is 6.76. The number of rotatable bonds is 7. The van der Waals surface area contributed by atoms with Gasteiger partial charge >= 0.3 is 0 Å². The van der Waals surface area contributed by atoms with E-state index in [1.54, 1.807) is 0 Å². The maximum atomic E-state index is 6.49.